The lowest BCUT2D eigenvalue weighted by Gasteiger charge is -2.04. The number of hydrogen-bond acceptors (Lipinski definition) is 0. The Balaban J connectivity index is 1.50. The normalized spacial score (nSPS) is 14.2. The van der Waals surface area contributed by atoms with E-state index in [-0.39, 0.29) is 0 Å². The zero-order valence-electron chi connectivity index (χ0n) is 17.9. The SMILES string of the molecule is C/C=C\C=C/C=[N+]1c2ccccc2-c2cc(-c3ccc4[nH]c5ccccc5c4c3)ccc21. The minimum absolute atomic E-state index is 1.18. The summed E-state index contributed by atoms with van der Waals surface area (Å²) in [5.74, 6) is 0. The van der Waals surface area contributed by atoms with Crippen LogP contribution in [0.1, 0.15) is 6.92 Å². The monoisotopic (exact) mass is 411 g/mol. The van der Waals surface area contributed by atoms with Crippen LogP contribution >= 0.6 is 0 Å². The molecule has 32 heavy (non-hydrogen) atoms. The first-order chi connectivity index (χ1) is 15.8. The van der Waals surface area contributed by atoms with Gasteiger partial charge in [0.15, 0.2) is 6.21 Å². The molecule has 5 aromatic rings. The fourth-order valence-corrected chi connectivity index (χ4v) is 4.68. The summed E-state index contributed by atoms with van der Waals surface area (Å²) in [5.41, 5.74) is 9.80. The van der Waals surface area contributed by atoms with Gasteiger partial charge in [0, 0.05) is 40.0 Å². The maximum Gasteiger partial charge on any atom is 0.219 e. The van der Waals surface area contributed by atoms with Gasteiger partial charge in [0.05, 0.1) is 11.1 Å². The second kappa shape index (κ2) is 7.51. The van der Waals surface area contributed by atoms with Gasteiger partial charge >= 0.3 is 0 Å². The number of aromatic nitrogens is 1. The fraction of sp³-hybridized carbons (Fsp3) is 0.0333. The third kappa shape index (κ3) is 2.92. The topological polar surface area (TPSA) is 18.8 Å². The van der Waals surface area contributed by atoms with E-state index in [0.29, 0.717) is 0 Å². The van der Waals surface area contributed by atoms with E-state index in [4.69, 9.17) is 0 Å². The van der Waals surface area contributed by atoms with Crippen LogP contribution in [0.15, 0.2) is 109 Å². The first kappa shape index (κ1) is 18.6. The fourth-order valence-electron chi connectivity index (χ4n) is 4.68. The number of fused-ring (bicyclic) bond motifs is 6. The van der Waals surface area contributed by atoms with E-state index in [1.807, 2.05) is 19.1 Å². The summed E-state index contributed by atoms with van der Waals surface area (Å²) in [6, 6.07) is 30.6. The molecule has 152 valence electrons. The Morgan fingerprint density at radius 2 is 1.38 bits per heavy atom. The van der Waals surface area contributed by atoms with Crippen molar-refractivity contribution in [3.05, 3.63) is 109 Å². The first-order valence-electron chi connectivity index (χ1n) is 11.0. The van der Waals surface area contributed by atoms with Crippen LogP contribution in [0, 0.1) is 0 Å². The molecule has 1 aliphatic rings. The van der Waals surface area contributed by atoms with Crippen molar-refractivity contribution >= 4 is 39.4 Å². The van der Waals surface area contributed by atoms with Crippen molar-refractivity contribution in [1.29, 1.82) is 0 Å². The number of rotatable bonds is 3. The Labute approximate surface area is 187 Å². The van der Waals surface area contributed by atoms with E-state index in [1.165, 1.54) is 55.4 Å². The van der Waals surface area contributed by atoms with Crippen LogP contribution in [-0.4, -0.2) is 11.2 Å². The van der Waals surface area contributed by atoms with E-state index in [9.17, 15) is 0 Å². The van der Waals surface area contributed by atoms with E-state index >= 15 is 0 Å². The molecule has 2 heteroatoms. The van der Waals surface area contributed by atoms with Crippen molar-refractivity contribution in [3.8, 4) is 22.3 Å². The molecule has 0 bridgehead atoms. The molecule has 1 aliphatic heterocycles. The molecule has 2 nitrogen and oxygen atoms in total. The van der Waals surface area contributed by atoms with Crippen molar-refractivity contribution in [2.45, 2.75) is 6.92 Å². The summed E-state index contributed by atoms with van der Waals surface area (Å²) in [7, 11) is 0. The molecule has 0 atom stereocenters. The van der Waals surface area contributed by atoms with Gasteiger partial charge in [-0.2, -0.15) is 4.58 Å². The van der Waals surface area contributed by atoms with Crippen molar-refractivity contribution < 1.29 is 0 Å². The van der Waals surface area contributed by atoms with Gasteiger partial charge in [-0.15, -0.1) is 0 Å². The highest BCUT2D eigenvalue weighted by Crippen LogP contribution is 2.46. The molecular weight excluding hydrogens is 388 g/mol. The van der Waals surface area contributed by atoms with Gasteiger partial charge in [0.2, 0.25) is 11.4 Å². The maximum absolute atomic E-state index is 3.52. The molecule has 0 fully saturated rings. The number of aromatic amines is 1. The van der Waals surface area contributed by atoms with E-state index in [0.717, 1.165) is 0 Å². The Bertz CT molecular complexity index is 1580. The van der Waals surface area contributed by atoms with Crippen LogP contribution in [0.2, 0.25) is 0 Å². The predicted octanol–water partition coefficient (Wildman–Crippen LogP) is 8.01. The lowest BCUT2D eigenvalue weighted by Crippen LogP contribution is -2.00. The number of H-pyrrole nitrogens is 1. The van der Waals surface area contributed by atoms with Gasteiger partial charge in [-0.3, -0.25) is 0 Å². The molecule has 0 radical (unpaired) electrons. The molecular formula is C30H23N2+. The first-order valence-corrected chi connectivity index (χ1v) is 11.0. The Morgan fingerprint density at radius 3 is 2.31 bits per heavy atom. The smallest absolute Gasteiger partial charge is 0.219 e. The molecule has 0 spiro atoms. The van der Waals surface area contributed by atoms with Crippen molar-refractivity contribution in [3.63, 3.8) is 0 Å². The Kier molecular flexibility index (Phi) is 4.36. The van der Waals surface area contributed by atoms with Crippen LogP contribution < -0.4 is 4.58 Å². The number of nitrogens with zero attached hydrogens (tertiary/aromatic N) is 1. The standard InChI is InChI=1S/C30H23N2/c1-2-3-4-9-18-32-29-13-8-6-11-24(29)26-20-22(15-17-30(26)32)21-14-16-28-25(19-21)23-10-5-7-12-27(23)31-28/h2-20,31H,1H3/q+1/b3-2-,9-4-,32-18?. The summed E-state index contributed by atoms with van der Waals surface area (Å²) in [5, 5.41) is 2.53. The highest BCUT2D eigenvalue weighted by atomic mass is 15.0. The third-order valence-corrected chi connectivity index (χ3v) is 6.20. The average molecular weight is 412 g/mol. The molecule has 6 rings (SSSR count). The predicted molar refractivity (Wildman–Crippen MR) is 138 cm³/mol. The second-order valence-electron chi connectivity index (χ2n) is 8.11. The van der Waals surface area contributed by atoms with Crippen molar-refractivity contribution in [2.24, 2.45) is 0 Å². The zero-order valence-corrected chi connectivity index (χ0v) is 17.9. The number of hydrogen-bond donors (Lipinski definition) is 1. The van der Waals surface area contributed by atoms with Crippen LogP contribution in [0.5, 0.6) is 0 Å². The minimum Gasteiger partial charge on any atom is -0.355 e. The van der Waals surface area contributed by atoms with Gasteiger partial charge in [-0.05, 0) is 54.4 Å². The highest BCUT2D eigenvalue weighted by Gasteiger charge is 2.30. The summed E-state index contributed by atoms with van der Waals surface area (Å²) in [4.78, 5) is 3.52. The van der Waals surface area contributed by atoms with Crippen molar-refractivity contribution in [1.82, 2.24) is 9.56 Å². The van der Waals surface area contributed by atoms with E-state index in [1.54, 1.807) is 0 Å². The molecule has 4 aromatic carbocycles. The lowest BCUT2D eigenvalue weighted by molar-refractivity contribution is 1.14. The number of benzene rings is 4. The third-order valence-electron chi connectivity index (χ3n) is 6.20. The molecule has 0 saturated carbocycles. The average Bonchev–Trinajstić information content (AvgIpc) is 3.37. The summed E-state index contributed by atoms with van der Waals surface area (Å²) < 4.78 is 2.28. The lowest BCUT2D eigenvalue weighted by atomic mass is 9.98. The Morgan fingerprint density at radius 1 is 0.625 bits per heavy atom. The molecule has 1 aromatic heterocycles. The van der Waals surface area contributed by atoms with Gasteiger partial charge < -0.3 is 4.98 Å². The molecule has 0 aliphatic carbocycles. The van der Waals surface area contributed by atoms with Crippen LogP contribution in [0.25, 0.3) is 44.1 Å². The second-order valence-corrected chi connectivity index (χ2v) is 8.11. The van der Waals surface area contributed by atoms with Crippen LogP contribution in [0.4, 0.5) is 11.4 Å². The number of para-hydroxylation sites is 2. The molecule has 0 saturated heterocycles. The van der Waals surface area contributed by atoms with Crippen molar-refractivity contribution in [2.75, 3.05) is 0 Å². The quantitative estimate of drug-likeness (QED) is 0.225. The summed E-state index contributed by atoms with van der Waals surface area (Å²) in [6.45, 7) is 2.03. The van der Waals surface area contributed by atoms with Crippen LogP contribution in [0.3, 0.4) is 0 Å². The molecule has 1 N–H and O–H groups in total. The van der Waals surface area contributed by atoms with Gasteiger partial charge in [0.1, 0.15) is 0 Å². The number of nitrogens with one attached hydrogen (secondary N) is 1. The van der Waals surface area contributed by atoms with E-state index in [2.05, 4.69) is 113 Å². The highest BCUT2D eigenvalue weighted by molar-refractivity contribution is 6.08. The van der Waals surface area contributed by atoms with E-state index < -0.39 is 0 Å². The van der Waals surface area contributed by atoms with Crippen LogP contribution in [-0.2, 0) is 0 Å². The zero-order chi connectivity index (χ0) is 21.5. The summed E-state index contributed by atoms with van der Waals surface area (Å²) >= 11 is 0. The number of allylic oxidation sites excluding steroid dienone is 4. The molecule has 0 amide bonds. The largest absolute Gasteiger partial charge is 0.355 e. The van der Waals surface area contributed by atoms with Gasteiger partial charge in [-0.1, -0.05) is 54.6 Å². The molecule has 0 unspecified atom stereocenters. The Hall–Kier alpha value is -4.17. The van der Waals surface area contributed by atoms with Gasteiger partial charge in [-0.25, -0.2) is 0 Å². The van der Waals surface area contributed by atoms with Gasteiger partial charge in [0.25, 0.3) is 0 Å². The minimum atomic E-state index is 1.18. The molecule has 2 heterocycles. The maximum atomic E-state index is 3.52. The summed E-state index contributed by atoms with van der Waals surface area (Å²) in [6.07, 6.45) is 10.4.